The van der Waals surface area contributed by atoms with Gasteiger partial charge in [-0.25, -0.2) is 0 Å². The van der Waals surface area contributed by atoms with E-state index in [1.807, 2.05) is 11.8 Å². The maximum Gasteiger partial charge on any atom is 0.222 e. The van der Waals surface area contributed by atoms with Gasteiger partial charge in [0.15, 0.2) is 0 Å². The van der Waals surface area contributed by atoms with Crippen molar-refractivity contribution in [2.45, 2.75) is 38.4 Å². The highest BCUT2D eigenvalue weighted by Gasteiger charge is 2.26. The maximum atomic E-state index is 12.3. The fraction of sp³-hybridized carbons (Fsp3) is 0.929. The number of amides is 1. The van der Waals surface area contributed by atoms with E-state index in [0.29, 0.717) is 17.1 Å². The minimum Gasteiger partial charge on any atom is -0.341 e. The third kappa shape index (κ3) is 5.16. The molecule has 2 saturated heterocycles. The molecule has 2 atom stereocenters. The predicted octanol–water partition coefficient (Wildman–Crippen LogP) is 2.40. The summed E-state index contributed by atoms with van der Waals surface area (Å²) < 4.78 is 0. The van der Waals surface area contributed by atoms with E-state index in [1.54, 1.807) is 0 Å². The van der Waals surface area contributed by atoms with Crippen LogP contribution < -0.4 is 5.32 Å². The van der Waals surface area contributed by atoms with Crippen molar-refractivity contribution < 1.29 is 4.79 Å². The number of carbonyl (C=O) groups excluding carboxylic acids is 1. The summed E-state index contributed by atoms with van der Waals surface area (Å²) in [6, 6.07) is 0. The minimum atomic E-state index is 0. The number of carbonyl (C=O) groups is 1. The van der Waals surface area contributed by atoms with Gasteiger partial charge in [0.25, 0.3) is 0 Å². The highest BCUT2D eigenvalue weighted by molar-refractivity contribution is 7.99. The molecule has 5 heteroatoms. The van der Waals surface area contributed by atoms with Gasteiger partial charge in [0.2, 0.25) is 5.91 Å². The molecule has 0 radical (unpaired) electrons. The molecule has 1 N–H and O–H groups in total. The lowest BCUT2D eigenvalue weighted by atomic mass is 9.84. The third-order valence-electron chi connectivity index (χ3n) is 4.28. The average Bonchev–Trinajstić information content (AvgIpc) is 2.39. The molecule has 2 unspecified atom stereocenters. The summed E-state index contributed by atoms with van der Waals surface area (Å²) in [6.07, 6.45) is 3.23. The van der Waals surface area contributed by atoms with E-state index in [0.717, 1.165) is 44.3 Å². The Morgan fingerprint density at radius 1 is 1.42 bits per heavy atom. The Labute approximate surface area is 127 Å². The van der Waals surface area contributed by atoms with Crippen molar-refractivity contribution in [2.24, 2.45) is 11.8 Å². The van der Waals surface area contributed by atoms with Gasteiger partial charge in [-0.1, -0.05) is 13.8 Å². The molecule has 2 aliphatic rings. The van der Waals surface area contributed by atoms with Crippen LogP contribution in [0.1, 0.15) is 33.1 Å². The molecule has 2 aliphatic heterocycles. The molecule has 0 spiro atoms. The summed E-state index contributed by atoms with van der Waals surface area (Å²) in [4.78, 5) is 14.4. The molecule has 2 rings (SSSR count). The highest BCUT2D eigenvalue weighted by atomic mass is 35.5. The number of hydrogen-bond acceptors (Lipinski definition) is 3. The molecular weight excluding hydrogens is 280 g/mol. The molecule has 2 fully saturated rings. The van der Waals surface area contributed by atoms with Gasteiger partial charge in [0.1, 0.15) is 0 Å². The molecule has 19 heavy (non-hydrogen) atoms. The van der Waals surface area contributed by atoms with Gasteiger partial charge in [0, 0.05) is 30.5 Å². The van der Waals surface area contributed by atoms with E-state index in [-0.39, 0.29) is 12.4 Å². The summed E-state index contributed by atoms with van der Waals surface area (Å²) in [5.41, 5.74) is 0. The Morgan fingerprint density at radius 3 is 2.74 bits per heavy atom. The SMILES string of the molecule is CC1CN(C(=O)CC(C)C2CCNCC2)CCS1.Cl. The van der Waals surface area contributed by atoms with Crippen molar-refractivity contribution in [2.75, 3.05) is 31.9 Å². The van der Waals surface area contributed by atoms with Crippen LogP contribution in [0.4, 0.5) is 0 Å². The Hall–Kier alpha value is 0.0700. The first-order chi connectivity index (χ1) is 8.66. The van der Waals surface area contributed by atoms with Gasteiger partial charge in [-0.05, 0) is 37.8 Å². The number of nitrogens with one attached hydrogen (secondary N) is 1. The summed E-state index contributed by atoms with van der Waals surface area (Å²) in [7, 11) is 0. The second-order valence-electron chi connectivity index (χ2n) is 5.79. The van der Waals surface area contributed by atoms with Gasteiger partial charge in [-0.2, -0.15) is 11.8 Å². The summed E-state index contributed by atoms with van der Waals surface area (Å²) in [5, 5.41) is 4.00. The smallest absolute Gasteiger partial charge is 0.222 e. The van der Waals surface area contributed by atoms with Crippen LogP contribution in [0.2, 0.25) is 0 Å². The summed E-state index contributed by atoms with van der Waals surface area (Å²) in [6.45, 7) is 8.63. The quantitative estimate of drug-likeness (QED) is 0.869. The van der Waals surface area contributed by atoms with E-state index in [2.05, 4.69) is 24.1 Å². The van der Waals surface area contributed by atoms with Gasteiger partial charge in [-0.15, -0.1) is 12.4 Å². The lowest BCUT2D eigenvalue weighted by molar-refractivity contribution is -0.132. The van der Waals surface area contributed by atoms with Crippen molar-refractivity contribution in [1.29, 1.82) is 0 Å². The van der Waals surface area contributed by atoms with Gasteiger partial charge < -0.3 is 10.2 Å². The van der Waals surface area contributed by atoms with E-state index >= 15 is 0 Å². The molecule has 0 aromatic heterocycles. The molecule has 0 aromatic carbocycles. The first-order valence-corrected chi connectivity index (χ1v) is 8.32. The van der Waals surface area contributed by atoms with Gasteiger partial charge in [0.05, 0.1) is 0 Å². The zero-order valence-electron chi connectivity index (χ0n) is 12.1. The van der Waals surface area contributed by atoms with Crippen molar-refractivity contribution in [3.63, 3.8) is 0 Å². The second kappa shape index (κ2) is 8.38. The van der Waals surface area contributed by atoms with Crippen LogP contribution in [-0.4, -0.2) is 48.0 Å². The predicted molar refractivity (Wildman–Crippen MR) is 85.1 cm³/mol. The molecule has 3 nitrogen and oxygen atoms in total. The lowest BCUT2D eigenvalue weighted by Crippen LogP contribution is -2.42. The molecular formula is C14H27ClN2OS. The Balaban J connectivity index is 0.00000180. The first kappa shape index (κ1) is 17.1. The largest absolute Gasteiger partial charge is 0.341 e. The number of nitrogens with zero attached hydrogens (tertiary/aromatic N) is 1. The normalized spacial score (nSPS) is 26.6. The Bertz CT molecular complexity index is 285. The molecule has 0 aromatic rings. The van der Waals surface area contributed by atoms with Crippen molar-refractivity contribution >= 4 is 30.1 Å². The number of hydrogen-bond donors (Lipinski definition) is 1. The fourth-order valence-corrected chi connectivity index (χ4v) is 4.04. The second-order valence-corrected chi connectivity index (χ2v) is 7.34. The highest BCUT2D eigenvalue weighted by Crippen LogP contribution is 2.26. The van der Waals surface area contributed by atoms with E-state index < -0.39 is 0 Å². The minimum absolute atomic E-state index is 0. The van der Waals surface area contributed by atoms with Crippen LogP contribution in [0.3, 0.4) is 0 Å². The summed E-state index contributed by atoms with van der Waals surface area (Å²) in [5.74, 6) is 2.78. The van der Waals surface area contributed by atoms with Gasteiger partial charge >= 0.3 is 0 Å². The van der Waals surface area contributed by atoms with Crippen molar-refractivity contribution in [3.8, 4) is 0 Å². The average molecular weight is 307 g/mol. The van der Waals surface area contributed by atoms with E-state index in [9.17, 15) is 4.79 Å². The maximum absolute atomic E-state index is 12.3. The molecule has 0 bridgehead atoms. The van der Waals surface area contributed by atoms with Crippen LogP contribution in [0.25, 0.3) is 0 Å². The number of halogens is 1. The molecule has 0 saturated carbocycles. The number of thioether (sulfide) groups is 1. The monoisotopic (exact) mass is 306 g/mol. The zero-order chi connectivity index (χ0) is 13.0. The Kier molecular flexibility index (Phi) is 7.55. The lowest BCUT2D eigenvalue weighted by Gasteiger charge is -2.33. The first-order valence-electron chi connectivity index (χ1n) is 7.27. The number of piperidine rings is 1. The third-order valence-corrected chi connectivity index (χ3v) is 5.42. The fourth-order valence-electron chi connectivity index (χ4n) is 3.03. The topological polar surface area (TPSA) is 32.3 Å². The standard InChI is InChI=1S/C14H26N2OS.ClH/c1-11(13-3-5-15-6-4-13)9-14(17)16-7-8-18-12(2)10-16;/h11-13,15H,3-10H2,1-2H3;1H. The number of rotatable bonds is 3. The molecule has 2 heterocycles. The van der Waals surface area contributed by atoms with Crippen LogP contribution in [0.15, 0.2) is 0 Å². The Morgan fingerprint density at radius 2 is 2.11 bits per heavy atom. The van der Waals surface area contributed by atoms with Gasteiger partial charge in [-0.3, -0.25) is 4.79 Å². The summed E-state index contributed by atoms with van der Waals surface area (Å²) >= 11 is 1.98. The zero-order valence-corrected chi connectivity index (χ0v) is 13.7. The molecule has 112 valence electrons. The van der Waals surface area contributed by atoms with Crippen LogP contribution in [0, 0.1) is 11.8 Å². The van der Waals surface area contributed by atoms with Crippen molar-refractivity contribution in [3.05, 3.63) is 0 Å². The van der Waals surface area contributed by atoms with Crippen molar-refractivity contribution in [1.82, 2.24) is 10.2 Å². The van der Waals surface area contributed by atoms with E-state index in [4.69, 9.17) is 0 Å². The van der Waals surface area contributed by atoms with Crippen LogP contribution >= 0.6 is 24.2 Å². The van der Waals surface area contributed by atoms with E-state index in [1.165, 1.54) is 12.8 Å². The van der Waals surface area contributed by atoms with Crippen LogP contribution in [-0.2, 0) is 4.79 Å². The molecule has 0 aliphatic carbocycles. The van der Waals surface area contributed by atoms with Crippen LogP contribution in [0.5, 0.6) is 0 Å². The molecule has 1 amide bonds.